The Morgan fingerprint density at radius 2 is 1.85 bits per heavy atom. The molecule has 1 amide bonds. The van der Waals surface area contributed by atoms with Crippen molar-refractivity contribution in [2.75, 3.05) is 0 Å². The molecule has 0 atom stereocenters. The van der Waals surface area contributed by atoms with Gasteiger partial charge in [0.15, 0.2) is 0 Å². The normalized spacial score (nSPS) is 11.6. The number of hydrogen-bond donors (Lipinski definition) is 0. The van der Waals surface area contributed by atoms with Gasteiger partial charge in [-0.15, -0.1) is 0 Å². The fourth-order valence-electron chi connectivity index (χ4n) is 1.99. The SMILES string of the molecule is CCCCC(=O)N=c1ccccn1Cc1ccccc1. The quantitative estimate of drug-likeness (QED) is 0.820. The van der Waals surface area contributed by atoms with Crippen LogP contribution in [0, 0.1) is 0 Å². The van der Waals surface area contributed by atoms with Gasteiger partial charge in [-0.2, -0.15) is 4.99 Å². The zero-order chi connectivity index (χ0) is 14.2. The molecule has 20 heavy (non-hydrogen) atoms. The molecule has 1 aromatic carbocycles. The Bertz CT molecular complexity index is 614. The number of carbonyl (C=O) groups is 1. The molecule has 0 radical (unpaired) electrons. The van der Waals surface area contributed by atoms with Gasteiger partial charge in [0, 0.05) is 19.2 Å². The number of carbonyl (C=O) groups excluding carboxylic acids is 1. The molecule has 1 heterocycles. The first-order valence-corrected chi connectivity index (χ1v) is 7.06. The molecular formula is C17H20N2O. The van der Waals surface area contributed by atoms with E-state index in [1.807, 2.05) is 47.2 Å². The molecule has 0 bridgehead atoms. The zero-order valence-electron chi connectivity index (χ0n) is 11.8. The van der Waals surface area contributed by atoms with Gasteiger partial charge in [-0.1, -0.05) is 49.7 Å². The predicted octanol–water partition coefficient (Wildman–Crippen LogP) is 3.15. The smallest absolute Gasteiger partial charge is 0.247 e. The van der Waals surface area contributed by atoms with Crippen LogP contribution in [-0.2, 0) is 11.3 Å². The molecule has 0 aliphatic carbocycles. The van der Waals surface area contributed by atoms with Gasteiger partial charge in [-0.25, -0.2) is 0 Å². The highest BCUT2D eigenvalue weighted by molar-refractivity contribution is 5.76. The van der Waals surface area contributed by atoms with E-state index in [9.17, 15) is 4.79 Å². The Kier molecular flexibility index (Phi) is 5.30. The lowest BCUT2D eigenvalue weighted by Crippen LogP contribution is -2.22. The minimum Gasteiger partial charge on any atom is -0.329 e. The minimum atomic E-state index is -0.0418. The summed E-state index contributed by atoms with van der Waals surface area (Å²) in [6.45, 7) is 2.80. The topological polar surface area (TPSA) is 34.4 Å². The Balaban J connectivity index is 2.22. The highest BCUT2D eigenvalue weighted by Gasteiger charge is 2.00. The molecule has 0 fully saturated rings. The zero-order valence-corrected chi connectivity index (χ0v) is 11.8. The Morgan fingerprint density at radius 1 is 1.10 bits per heavy atom. The molecule has 2 aromatic rings. The van der Waals surface area contributed by atoms with Crippen LogP contribution in [0.4, 0.5) is 0 Å². The second-order valence-electron chi connectivity index (χ2n) is 4.78. The standard InChI is InChI=1S/C17H20N2O/c1-2-3-12-17(20)18-16-11-7-8-13-19(16)14-15-9-5-4-6-10-15/h4-11,13H,2-3,12,14H2,1H3. The molecule has 0 unspecified atom stereocenters. The van der Waals surface area contributed by atoms with Crippen molar-refractivity contribution in [1.82, 2.24) is 4.57 Å². The van der Waals surface area contributed by atoms with E-state index in [2.05, 4.69) is 24.0 Å². The van der Waals surface area contributed by atoms with Crippen LogP contribution < -0.4 is 5.49 Å². The van der Waals surface area contributed by atoms with Crippen LogP contribution in [0.2, 0.25) is 0 Å². The first kappa shape index (κ1) is 14.3. The van der Waals surface area contributed by atoms with Crippen molar-refractivity contribution in [3.05, 3.63) is 65.8 Å². The number of nitrogens with zero attached hydrogens (tertiary/aromatic N) is 2. The molecule has 3 heteroatoms. The van der Waals surface area contributed by atoms with E-state index in [0.717, 1.165) is 24.9 Å². The first-order valence-electron chi connectivity index (χ1n) is 7.06. The van der Waals surface area contributed by atoms with Crippen molar-refractivity contribution < 1.29 is 4.79 Å². The molecule has 0 N–H and O–H groups in total. The monoisotopic (exact) mass is 268 g/mol. The minimum absolute atomic E-state index is 0.0418. The van der Waals surface area contributed by atoms with Gasteiger partial charge in [0.25, 0.3) is 0 Å². The van der Waals surface area contributed by atoms with Gasteiger partial charge < -0.3 is 4.57 Å². The number of unbranched alkanes of at least 4 members (excludes halogenated alkanes) is 1. The van der Waals surface area contributed by atoms with Crippen LogP contribution in [-0.4, -0.2) is 10.5 Å². The highest BCUT2D eigenvalue weighted by atomic mass is 16.1. The molecule has 0 saturated heterocycles. The van der Waals surface area contributed by atoms with Crippen LogP contribution in [0.1, 0.15) is 31.7 Å². The summed E-state index contributed by atoms with van der Waals surface area (Å²) in [5.41, 5.74) is 1.92. The third-order valence-electron chi connectivity index (χ3n) is 3.10. The van der Waals surface area contributed by atoms with Crippen LogP contribution in [0.25, 0.3) is 0 Å². The number of benzene rings is 1. The number of amides is 1. The van der Waals surface area contributed by atoms with Crippen molar-refractivity contribution in [2.24, 2.45) is 4.99 Å². The van der Waals surface area contributed by atoms with Crippen LogP contribution in [0.3, 0.4) is 0 Å². The summed E-state index contributed by atoms with van der Waals surface area (Å²) >= 11 is 0. The largest absolute Gasteiger partial charge is 0.329 e. The molecule has 0 aliphatic heterocycles. The summed E-state index contributed by atoms with van der Waals surface area (Å²) in [4.78, 5) is 16.0. The van der Waals surface area contributed by atoms with Crippen LogP contribution in [0.5, 0.6) is 0 Å². The first-order chi connectivity index (χ1) is 9.79. The van der Waals surface area contributed by atoms with Crippen molar-refractivity contribution in [3.8, 4) is 0 Å². The second kappa shape index (κ2) is 7.43. The van der Waals surface area contributed by atoms with E-state index in [1.165, 1.54) is 5.56 Å². The van der Waals surface area contributed by atoms with Gasteiger partial charge in [-0.05, 0) is 24.1 Å². The Labute approximate surface area is 119 Å². The molecule has 3 nitrogen and oxygen atoms in total. The predicted molar refractivity (Wildman–Crippen MR) is 80.1 cm³/mol. The molecule has 0 spiro atoms. The van der Waals surface area contributed by atoms with Crippen molar-refractivity contribution in [2.45, 2.75) is 32.7 Å². The summed E-state index contributed by atoms with van der Waals surface area (Å²) in [6.07, 6.45) is 4.39. The van der Waals surface area contributed by atoms with Crippen LogP contribution >= 0.6 is 0 Å². The lowest BCUT2D eigenvalue weighted by molar-refractivity contribution is -0.118. The number of rotatable bonds is 5. The van der Waals surface area contributed by atoms with E-state index in [4.69, 9.17) is 0 Å². The fourth-order valence-corrected chi connectivity index (χ4v) is 1.99. The molecule has 104 valence electrons. The number of hydrogen-bond acceptors (Lipinski definition) is 1. The van der Waals surface area contributed by atoms with Crippen LogP contribution in [0.15, 0.2) is 59.7 Å². The third kappa shape index (κ3) is 4.19. The molecule has 0 aliphatic rings. The van der Waals surface area contributed by atoms with Crippen molar-refractivity contribution >= 4 is 5.91 Å². The van der Waals surface area contributed by atoms with E-state index < -0.39 is 0 Å². The summed E-state index contributed by atoms with van der Waals surface area (Å²) in [6, 6.07) is 15.9. The van der Waals surface area contributed by atoms with E-state index in [-0.39, 0.29) is 5.91 Å². The average molecular weight is 268 g/mol. The summed E-state index contributed by atoms with van der Waals surface area (Å²) in [5.74, 6) is -0.0418. The van der Waals surface area contributed by atoms with Crippen molar-refractivity contribution in [3.63, 3.8) is 0 Å². The summed E-state index contributed by atoms with van der Waals surface area (Å²) < 4.78 is 2.00. The maximum Gasteiger partial charge on any atom is 0.247 e. The highest BCUT2D eigenvalue weighted by Crippen LogP contribution is 2.00. The van der Waals surface area contributed by atoms with Gasteiger partial charge in [0.05, 0.1) is 0 Å². The fraction of sp³-hybridized carbons (Fsp3) is 0.294. The van der Waals surface area contributed by atoms with E-state index >= 15 is 0 Å². The van der Waals surface area contributed by atoms with E-state index in [1.54, 1.807) is 0 Å². The van der Waals surface area contributed by atoms with E-state index in [0.29, 0.717) is 6.42 Å². The Morgan fingerprint density at radius 3 is 2.60 bits per heavy atom. The van der Waals surface area contributed by atoms with Gasteiger partial charge in [0.1, 0.15) is 5.49 Å². The average Bonchev–Trinajstić information content (AvgIpc) is 2.48. The Hall–Kier alpha value is -2.16. The third-order valence-corrected chi connectivity index (χ3v) is 3.10. The second-order valence-corrected chi connectivity index (χ2v) is 4.78. The molecule has 1 aromatic heterocycles. The summed E-state index contributed by atoms with van der Waals surface area (Å²) in [5, 5.41) is 0. The summed E-state index contributed by atoms with van der Waals surface area (Å²) in [7, 11) is 0. The lowest BCUT2D eigenvalue weighted by Gasteiger charge is -2.07. The van der Waals surface area contributed by atoms with Crippen molar-refractivity contribution in [1.29, 1.82) is 0 Å². The lowest BCUT2D eigenvalue weighted by atomic mass is 10.2. The molecule has 0 saturated carbocycles. The van der Waals surface area contributed by atoms with Gasteiger partial charge in [0.2, 0.25) is 5.91 Å². The maximum atomic E-state index is 11.8. The maximum absolute atomic E-state index is 11.8. The molecule has 2 rings (SSSR count). The number of pyridine rings is 1. The van der Waals surface area contributed by atoms with Gasteiger partial charge in [-0.3, -0.25) is 4.79 Å². The number of aromatic nitrogens is 1. The van der Waals surface area contributed by atoms with Gasteiger partial charge >= 0.3 is 0 Å². The molecular weight excluding hydrogens is 248 g/mol.